The second-order valence-electron chi connectivity index (χ2n) is 4.04. The molecule has 0 amide bonds. The summed E-state index contributed by atoms with van der Waals surface area (Å²) in [5.74, 6) is 0.437. The zero-order chi connectivity index (χ0) is 11.7. The smallest absolute Gasteiger partial charge is 0.166 e. The van der Waals surface area contributed by atoms with Crippen molar-refractivity contribution in [2.45, 2.75) is 19.3 Å². The number of halogens is 2. The highest BCUT2D eigenvalue weighted by atomic mass is 79.9. The van der Waals surface area contributed by atoms with E-state index in [9.17, 15) is 9.18 Å². The predicted molar refractivity (Wildman–Crippen MR) is 62.3 cm³/mol. The Kier molecular flexibility index (Phi) is 3.28. The Bertz CT molecular complexity index is 427. The molecule has 1 aromatic rings. The van der Waals surface area contributed by atoms with Crippen LogP contribution in [0.1, 0.15) is 29.6 Å². The summed E-state index contributed by atoms with van der Waals surface area (Å²) in [4.78, 5) is 11.9. The third-order valence-electron chi connectivity index (χ3n) is 2.71. The summed E-state index contributed by atoms with van der Waals surface area (Å²) in [6, 6.07) is 2.74. The predicted octanol–water partition coefficient (Wildman–Crippen LogP) is 3.58. The SMILES string of the molecule is COc1cc(F)c(Br)cc1C(=O)CC1CC1. The van der Waals surface area contributed by atoms with E-state index in [1.54, 1.807) is 0 Å². The van der Waals surface area contributed by atoms with Crippen molar-refractivity contribution in [3.63, 3.8) is 0 Å². The Morgan fingerprint density at radius 1 is 1.56 bits per heavy atom. The fourth-order valence-electron chi connectivity index (χ4n) is 1.61. The molecular weight excluding hydrogens is 275 g/mol. The second-order valence-corrected chi connectivity index (χ2v) is 4.89. The van der Waals surface area contributed by atoms with Crippen LogP contribution in [0.4, 0.5) is 4.39 Å². The first-order valence-corrected chi connectivity index (χ1v) is 5.97. The van der Waals surface area contributed by atoms with E-state index in [4.69, 9.17) is 4.74 Å². The molecule has 16 heavy (non-hydrogen) atoms. The summed E-state index contributed by atoms with van der Waals surface area (Å²) in [6.45, 7) is 0. The van der Waals surface area contributed by atoms with Crippen LogP contribution in [0.3, 0.4) is 0 Å². The van der Waals surface area contributed by atoms with Gasteiger partial charge in [0.05, 0.1) is 17.1 Å². The third kappa shape index (κ3) is 2.43. The van der Waals surface area contributed by atoms with Gasteiger partial charge >= 0.3 is 0 Å². The number of carbonyl (C=O) groups is 1. The third-order valence-corrected chi connectivity index (χ3v) is 3.32. The van der Waals surface area contributed by atoms with Crippen molar-refractivity contribution in [3.05, 3.63) is 28.0 Å². The molecule has 1 aromatic carbocycles. The molecule has 0 heterocycles. The topological polar surface area (TPSA) is 26.3 Å². The molecule has 2 nitrogen and oxygen atoms in total. The van der Waals surface area contributed by atoms with E-state index in [0.29, 0.717) is 28.1 Å². The molecule has 0 unspecified atom stereocenters. The first-order chi connectivity index (χ1) is 7.61. The van der Waals surface area contributed by atoms with Gasteiger partial charge in [0.15, 0.2) is 5.78 Å². The first kappa shape index (κ1) is 11.6. The summed E-state index contributed by atoms with van der Waals surface area (Å²) in [5.41, 5.74) is 0.461. The molecule has 0 saturated heterocycles. The van der Waals surface area contributed by atoms with Crippen LogP contribution < -0.4 is 4.74 Å². The monoisotopic (exact) mass is 286 g/mol. The number of benzene rings is 1. The summed E-state index contributed by atoms with van der Waals surface area (Å²) in [7, 11) is 1.44. The van der Waals surface area contributed by atoms with Gasteiger partial charge in [0.1, 0.15) is 11.6 Å². The molecule has 0 aliphatic heterocycles. The van der Waals surface area contributed by atoms with Crippen LogP contribution in [0.25, 0.3) is 0 Å². The zero-order valence-electron chi connectivity index (χ0n) is 8.93. The highest BCUT2D eigenvalue weighted by Gasteiger charge is 2.26. The summed E-state index contributed by atoms with van der Waals surface area (Å²) < 4.78 is 18.6. The number of Topliss-reactive ketones (excluding diaryl/α,β-unsaturated/α-hetero) is 1. The van der Waals surface area contributed by atoms with Crippen molar-refractivity contribution in [2.75, 3.05) is 7.11 Å². The molecule has 0 spiro atoms. The van der Waals surface area contributed by atoms with Gasteiger partial charge in [0.25, 0.3) is 0 Å². The van der Waals surface area contributed by atoms with E-state index < -0.39 is 5.82 Å². The maximum absolute atomic E-state index is 13.2. The Labute approximate surface area is 102 Å². The van der Waals surface area contributed by atoms with Crippen LogP contribution in [-0.2, 0) is 0 Å². The summed E-state index contributed by atoms with van der Waals surface area (Å²) in [5, 5.41) is 0. The van der Waals surface area contributed by atoms with Gasteiger partial charge in [-0.3, -0.25) is 4.79 Å². The van der Waals surface area contributed by atoms with E-state index in [-0.39, 0.29) is 5.78 Å². The number of methoxy groups -OCH3 is 1. The first-order valence-electron chi connectivity index (χ1n) is 5.18. The summed E-state index contributed by atoms with van der Waals surface area (Å²) >= 11 is 3.08. The minimum Gasteiger partial charge on any atom is -0.496 e. The van der Waals surface area contributed by atoms with Crippen molar-refractivity contribution < 1.29 is 13.9 Å². The lowest BCUT2D eigenvalue weighted by atomic mass is 10.0. The highest BCUT2D eigenvalue weighted by Crippen LogP contribution is 2.35. The molecule has 0 radical (unpaired) electrons. The maximum atomic E-state index is 13.2. The van der Waals surface area contributed by atoms with Crippen molar-refractivity contribution in [1.82, 2.24) is 0 Å². The van der Waals surface area contributed by atoms with Crippen LogP contribution in [0.5, 0.6) is 5.75 Å². The van der Waals surface area contributed by atoms with Crippen LogP contribution in [-0.4, -0.2) is 12.9 Å². The molecule has 4 heteroatoms. The molecule has 0 atom stereocenters. The average Bonchev–Trinajstić information content (AvgIpc) is 3.05. The Balaban J connectivity index is 2.29. The van der Waals surface area contributed by atoms with E-state index in [1.807, 2.05) is 0 Å². The van der Waals surface area contributed by atoms with E-state index in [1.165, 1.54) is 19.2 Å². The van der Waals surface area contributed by atoms with Gasteiger partial charge < -0.3 is 4.74 Å². The fraction of sp³-hybridized carbons (Fsp3) is 0.417. The number of carbonyl (C=O) groups excluding carboxylic acids is 1. The zero-order valence-corrected chi connectivity index (χ0v) is 10.5. The number of ketones is 1. The Morgan fingerprint density at radius 3 is 2.81 bits per heavy atom. The normalized spacial score (nSPS) is 14.9. The number of rotatable bonds is 4. The number of ether oxygens (including phenoxy) is 1. The van der Waals surface area contributed by atoms with Gasteiger partial charge in [-0.2, -0.15) is 0 Å². The largest absolute Gasteiger partial charge is 0.496 e. The molecule has 1 aliphatic rings. The average molecular weight is 287 g/mol. The van der Waals surface area contributed by atoms with E-state index in [2.05, 4.69) is 15.9 Å². The van der Waals surface area contributed by atoms with E-state index in [0.717, 1.165) is 12.8 Å². The lowest BCUT2D eigenvalue weighted by Crippen LogP contribution is -2.04. The standard InChI is InChI=1S/C12H12BrFO2/c1-16-12-6-10(14)9(13)5-8(12)11(15)4-7-2-3-7/h5-7H,2-4H2,1H3. The molecule has 86 valence electrons. The van der Waals surface area contributed by atoms with Gasteiger partial charge in [-0.15, -0.1) is 0 Å². The lowest BCUT2D eigenvalue weighted by molar-refractivity contribution is 0.0973. The van der Waals surface area contributed by atoms with Crippen LogP contribution in [0.2, 0.25) is 0 Å². The molecule has 2 rings (SSSR count). The Morgan fingerprint density at radius 2 is 2.25 bits per heavy atom. The van der Waals surface area contributed by atoms with Gasteiger partial charge in [-0.25, -0.2) is 4.39 Å². The van der Waals surface area contributed by atoms with Gasteiger partial charge in [-0.1, -0.05) is 0 Å². The molecule has 1 fully saturated rings. The van der Waals surface area contributed by atoms with Gasteiger partial charge in [0.2, 0.25) is 0 Å². The maximum Gasteiger partial charge on any atom is 0.166 e. The van der Waals surface area contributed by atoms with Gasteiger partial charge in [-0.05, 0) is 40.8 Å². The van der Waals surface area contributed by atoms with E-state index >= 15 is 0 Å². The number of hydrogen-bond acceptors (Lipinski definition) is 2. The molecule has 1 aliphatic carbocycles. The second kappa shape index (κ2) is 4.53. The van der Waals surface area contributed by atoms with Gasteiger partial charge in [0, 0.05) is 12.5 Å². The molecule has 0 N–H and O–H groups in total. The van der Waals surface area contributed by atoms with Crippen LogP contribution >= 0.6 is 15.9 Å². The molecule has 1 saturated carbocycles. The molecule has 0 bridgehead atoms. The minimum atomic E-state index is -0.417. The van der Waals surface area contributed by atoms with Crippen molar-refractivity contribution >= 4 is 21.7 Å². The van der Waals surface area contributed by atoms with Crippen molar-refractivity contribution in [3.8, 4) is 5.75 Å². The summed E-state index contributed by atoms with van der Waals surface area (Å²) in [6.07, 6.45) is 2.78. The van der Waals surface area contributed by atoms with Crippen molar-refractivity contribution in [1.29, 1.82) is 0 Å². The highest BCUT2D eigenvalue weighted by molar-refractivity contribution is 9.10. The number of hydrogen-bond donors (Lipinski definition) is 0. The Hall–Kier alpha value is -0.900. The quantitative estimate of drug-likeness (QED) is 0.791. The lowest BCUT2D eigenvalue weighted by Gasteiger charge is -2.08. The minimum absolute atomic E-state index is 0.0278. The fourth-order valence-corrected chi connectivity index (χ4v) is 1.95. The van der Waals surface area contributed by atoms with Crippen molar-refractivity contribution in [2.24, 2.45) is 5.92 Å². The molecular formula is C12H12BrFO2. The molecule has 0 aromatic heterocycles. The van der Waals surface area contributed by atoms with Crippen LogP contribution in [0.15, 0.2) is 16.6 Å². The van der Waals surface area contributed by atoms with Crippen LogP contribution in [0, 0.1) is 11.7 Å².